The fourth-order valence-electron chi connectivity index (χ4n) is 3.01. The van der Waals surface area contributed by atoms with E-state index in [-0.39, 0.29) is 5.92 Å². The predicted molar refractivity (Wildman–Crippen MR) is 72.8 cm³/mol. The highest BCUT2D eigenvalue weighted by molar-refractivity contribution is 5.31. The lowest BCUT2D eigenvalue weighted by molar-refractivity contribution is -0.0194. The number of nitrogens with two attached hydrogens (primary N) is 1. The Labute approximate surface area is 109 Å². The lowest BCUT2D eigenvalue weighted by Crippen LogP contribution is -2.41. The zero-order valence-corrected chi connectivity index (χ0v) is 11.1. The van der Waals surface area contributed by atoms with Crippen molar-refractivity contribution in [3.05, 3.63) is 29.8 Å². The van der Waals surface area contributed by atoms with Gasteiger partial charge in [0.2, 0.25) is 0 Å². The van der Waals surface area contributed by atoms with Gasteiger partial charge in [0.25, 0.3) is 0 Å². The molecule has 0 unspecified atom stereocenters. The van der Waals surface area contributed by atoms with Gasteiger partial charge in [-0.15, -0.1) is 0 Å². The lowest BCUT2D eigenvalue weighted by atomic mass is 9.73. The molecule has 0 aromatic heterocycles. The first kappa shape index (κ1) is 13.4. The Morgan fingerprint density at radius 2 is 1.83 bits per heavy atom. The van der Waals surface area contributed by atoms with Crippen LogP contribution in [0.25, 0.3) is 0 Å². The van der Waals surface area contributed by atoms with Crippen molar-refractivity contribution in [3.8, 4) is 5.75 Å². The van der Waals surface area contributed by atoms with E-state index in [0.717, 1.165) is 37.0 Å². The van der Waals surface area contributed by atoms with Crippen LogP contribution in [0.15, 0.2) is 24.3 Å². The average molecular weight is 249 g/mol. The molecule has 0 spiro atoms. The Kier molecular flexibility index (Phi) is 4.25. The zero-order chi connectivity index (χ0) is 13.0. The summed E-state index contributed by atoms with van der Waals surface area (Å²) in [6, 6.07) is 7.90. The minimum atomic E-state index is -0.623. The van der Waals surface area contributed by atoms with Crippen molar-refractivity contribution in [2.75, 3.05) is 13.7 Å². The van der Waals surface area contributed by atoms with Crippen molar-refractivity contribution in [3.63, 3.8) is 0 Å². The van der Waals surface area contributed by atoms with Crippen LogP contribution in [-0.2, 0) is 0 Å². The first-order valence-corrected chi connectivity index (χ1v) is 6.76. The van der Waals surface area contributed by atoms with Gasteiger partial charge >= 0.3 is 0 Å². The van der Waals surface area contributed by atoms with Gasteiger partial charge in [-0.1, -0.05) is 31.4 Å². The number of aliphatic hydroxyl groups is 1. The highest BCUT2D eigenvalue weighted by Gasteiger charge is 2.37. The van der Waals surface area contributed by atoms with Crippen LogP contribution in [0.1, 0.15) is 43.6 Å². The van der Waals surface area contributed by atoms with Crippen LogP contribution < -0.4 is 10.5 Å². The number of rotatable bonds is 4. The van der Waals surface area contributed by atoms with Crippen LogP contribution in [0.2, 0.25) is 0 Å². The van der Waals surface area contributed by atoms with Gasteiger partial charge in [-0.2, -0.15) is 0 Å². The van der Waals surface area contributed by atoms with Gasteiger partial charge in [-0.05, 0) is 30.5 Å². The van der Waals surface area contributed by atoms with Crippen LogP contribution in [0.5, 0.6) is 5.75 Å². The minimum absolute atomic E-state index is 0.0312. The van der Waals surface area contributed by atoms with Gasteiger partial charge in [0.05, 0.1) is 12.7 Å². The Morgan fingerprint density at radius 1 is 1.22 bits per heavy atom. The predicted octanol–water partition coefficient (Wildman–Crippen LogP) is 2.43. The zero-order valence-electron chi connectivity index (χ0n) is 11.1. The van der Waals surface area contributed by atoms with Crippen LogP contribution >= 0.6 is 0 Å². The summed E-state index contributed by atoms with van der Waals surface area (Å²) in [6.07, 6.45) is 5.15. The van der Waals surface area contributed by atoms with Crippen molar-refractivity contribution in [2.24, 2.45) is 5.73 Å². The second-order valence-corrected chi connectivity index (χ2v) is 5.23. The van der Waals surface area contributed by atoms with Crippen LogP contribution in [0.3, 0.4) is 0 Å². The maximum absolute atomic E-state index is 10.8. The number of methoxy groups -OCH3 is 1. The molecule has 2 rings (SSSR count). The van der Waals surface area contributed by atoms with Gasteiger partial charge in [-0.3, -0.25) is 0 Å². The summed E-state index contributed by atoms with van der Waals surface area (Å²) in [7, 11) is 1.66. The smallest absolute Gasteiger partial charge is 0.118 e. The first-order chi connectivity index (χ1) is 8.69. The number of hydrogen-bond donors (Lipinski definition) is 2. The van der Waals surface area contributed by atoms with Crippen LogP contribution in [0, 0.1) is 0 Å². The molecule has 3 heteroatoms. The summed E-state index contributed by atoms with van der Waals surface area (Å²) in [5.41, 5.74) is 6.39. The lowest BCUT2D eigenvalue weighted by Gasteiger charge is -2.39. The second-order valence-electron chi connectivity index (χ2n) is 5.23. The van der Waals surface area contributed by atoms with Gasteiger partial charge in [0.1, 0.15) is 5.75 Å². The largest absolute Gasteiger partial charge is 0.497 e. The molecule has 1 aromatic rings. The number of benzene rings is 1. The first-order valence-electron chi connectivity index (χ1n) is 6.76. The van der Waals surface area contributed by atoms with Crippen molar-refractivity contribution in [1.29, 1.82) is 0 Å². The monoisotopic (exact) mass is 249 g/mol. The molecule has 1 aromatic carbocycles. The molecule has 1 aliphatic carbocycles. The molecule has 1 saturated carbocycles. The average Bonchev–Trinajstić information content (AvgIpc) is 2.41. The molecule has 100 valence electrons. The van der Waals surface area contributed by atoms with Crippen molar-refractivity contribution in [2.45, 2.75) is 43.6 Å². The molecule has 0 radical (unpaired) electrons. The van der Waals surface area contributed by atoms with Gasteiger partial charge < -0.3 is 15.6 Å². The van der Waals surface area contributed by atoms with E-state index in [1.54, 1.807) is 7.11 Å². The van der Waals surface area contributed by atoms with Crippen LogP contribution in [0.4, 0.5) is 0 Å². The summed E-state index contributed by atoms with van der Waals surface area (Å²) in [6.45, 7) is 0.489. The molecular formula is C15H23NO2. The van der Waals surface area contributed by atoms with Crippen molar-refractivity contribution >= 4 is 0 Å². The number of hydrogen-bond acceptors (Lipinski definition) is 3. The molecule has 3 nitrogen and oxygen atoms in total. The molecule has 0 saturated heterocycles. The summed E-state index contributed by atoms with van der Waals surface area (Å²) in [4.78, 5) is 0. The van der Waals surface area contributed by atoms with E-state index in [1.165, 1.54) is 6.42 Å². The van der Waals surface area contributed by atoms with E-state index in [2.05, 4.69) is 0 Å². The summed E-state index contributed by atoms with van der Waals surface area (Å²) in [5, 5.41) is 10.8. The van der Waals surface area contributed by atoms with Crippen molar-refractivity contribution in [1.82, 2.24) is 0 Å². The third-order valence-electron chi connectivity index (χ3n) is 4.12. The molecule has 0 heterocycles. The SMILES string of the molecule is COc1ccc([C@@H](CN)C2(O)CCCCC2)cc1. The molecule has 1 aliphatic rings. The Hall–Kier alpha value is -1.06. The van der Waals surface area contributed by atoms with E-state index >= 15 is 0 Å². The van der Waals surface area contributed by atoms with Crippen LogP contribution in [-0.4, -0.2) is 24.4 Å². The maximum Gasteiger partial charge on any atom is 0.118 e. The molecule has 0 aliphatic heterocycles. The molecule has 18 heavy (non-hydrogen) atoms. The second kappa shape index (κ2) is 5.72. The number of ether oxygens (including phenoxy) is 1. The fourth-order valence-corrected chi connectivity index (χ4v) is 3.01. The molecule has 0 amide bonds. The molecular weight excluding hydrogens is 226 g/mol. The fraction of sp³-hybridized carbons (Fsp3) is 0.600. The van der Waals surface area contributed by atoms with Gasteiger partial charge in [0.15, 0.2) is 0 Å². The highest BCUT2D eigenvalue weighted by Crippen LogP contribution is 2.39. The summed E-state index contributed by atoms with van der Waals surface area (Å²) in [5.74, 6) is 0.869. The van der Waals surface area contributed by atoms with E-state index in [1.807, 2.05) is 24.3 Å². The highest BCUT2D eigenvalue weighted by atomic mass is 16.5. The normalized spacial score (nSPS) is 20.4. The molecule has 3 N–H and O–H groups in total. The quantitative estimate of drug-likeness (QED) is 0.861. The Bertz CT molecular complexity index is 369. The topological polar surface area (TPSA) is 55.5 Å². The molecule has 1 atom stereocenters. The van der Waals surface area contributed by atoms with Gasteiger partial charge in [0, 0.05) is 12.5 Å². The van der Waals surface area contributed by atoms with E-state index < -0.39 is 5.60 Å². The minimum Gasteiger partial charge on any atom is -0.497 e. The molecule has 1 fully saturated rings. The third-order valence-corrected chi connectivity index (χ3v) is 4.12. The van der Waals surface area contributed by atoms with Crippen molar-refractivity contribution < 1.29 is 9.84 Å². The third kappa shape index (κ3) is 2.68. The summed E-state index contributed by atoms with van der Waals surface area (Å²) >= 11 is 0. The van der Waals surface area contributed by atoms with E-state index in [0.29, 0.717) is 6.54 Å². The Balaban J connectivity index is 2.20. The Morgan fingerprint density at radius 3 is 2.33 bits per heavy atom. The van der Waals surface area contributed by atoms with Gasteiger partial charge in [-0.25, -0.2) is 0 Å². The van der Waals surface area contributed by atoms with E-state index in [4.69, 9.17) is 10.5 Å². The maximum atomic E-state index is 10.8. The standard InChI is InChI=1S/C15H23NO2/c1-18-13-7-5-12(6-8-13)14(11-16)15(17)9-3-2-4-10-15/h5-8,14,17H,2-4,9-11,16H2,1H3/t14-/m1/s1. The van der Waals surface area contributed by atoms with E-state index in [9.17, 15) is 5.11 Å². The summed E-state index contributed by atoms with van der Waals surface area (Å²) < 4.78 is 5.16. The molecule has 0 bridgehead atoms.